The van der Waals surface area contributed by atoms with Crippen LogP contribution in [-0.4, -0.2) is 33.7 Å². The highest BCUT2D eigenvalue weighted by molar-refractivity contribution is 8.00. The number of methoxy groups -OCH3 is 1. The van der Waals surface area contributed by atoms with Crippen molar-refractivity contribution in [2.24, 2.45) is 0 Å². The molecule has 2 aromatic heterocycles. The minimum atomic E-state index is -0.565. The second-order valence-electron chi connectivity index (χ2n) is 4.80. The van der Waals surface area contributed by atoms with Gasteiger partial charge in [-0.15, -0.1) is 11.3 Å². The van der Waals surface area contributed by atoms with Crippen molar-refractivity contribution >= 4 is 50.6 Å². The van der Waals surface area contributed by atoms with E-state index in [1.165, 1.54) is 48.7 Å². The Morgan fingerprint density at radius 3 is 3.00 bits per heavy atom. The molecule has 0 aliphatic carbocycles. The van der Waals surface area contributed by atoms with Gasteiger partial charge >= 0.3 is 0 Å². The Morgan fingerprint density at radius 1 is 1.40 bits per heavy atom. The highest BCUT2D eigenvalue weighted by Gasteiger charge is 2.17. The molecule has 0 spiro atoms. The number of fused-ring (bicyclic) bond motifs is 1. The first kappa shape index (κ1) is 17.1. The number of nitrogens with one attached hydrogen (secondary N) is 1. The molecule has 1 N–H and O–H groups in total. The number of hydrogen-bond donors (Lipinski definition) is 1. The van der Waals surface area contributed by atoms with Crippen molar-refractivity contribution in [1.82, 2.24) is 9.97 Å². The summed E-state index contributed by atoms with van der Waals surface area (Å²) in [6.07, 6.45) is 1.45. The Morgan fingerprint density at radius 2 is 2.24 bits per heavy atom. The van der Waals surface area contributed by atoms with Gasteiger partial charge in [0.1, 0.15) is 27.6 Å². The van der Waals surface area contributed by atoms with Gasteiger partial charge in [-0.05, 0) is 23.6 Å². The van der Waals surface area contributed by atoms with Crippen molar-refractivity contribution in [2.45, 2.75) is 5.03 Å². The summed E-state index contributed by atoms with van der Waals surface area (Å²) in [5.41, 5.74) is -0.0975. The molecule has 25 heavy (non-hydrogen) atoms. The molecule has 10 heteroatoms. The average Bonchev–Trinajstić information content (AvgIpc) is 3.09. The van der Waals surface area contributed by atoms with Gasteiger partial charge in [0.2, 0.25) is 5.91 Å². The molecule has 0 aliphatic rings. The Hall–Kier alpha value is -2.72. The average molecular weight is 376 g/mol. The number of nitrogens with zero attached hydrogens (tertiary/aromatic N) is 3. The van der Waals surface area contributed by atoms with Crippen LogP contribution in [0.15, 0.2) is 41.0 Å². The normalized spacial score (nSPS) is 10.6. The van der Waals surface area contributed by atoms with E-state index in [0.29, 0.717) is 10.8 Å². The van der Waals surface area contributed by atoms with E-state index in [1.54, 1.807) is 6.07 Å². The van der Waals surface area contributed by atoms with Crippen LogP contribution in [0.4, 0.5) is 11.4 Å². The van der Waals surface area contributed by atoms with Crippen molar-refractivity contribution in [2.75, 3.05) is 18.2 Å². The lowest BCUT2D eigenvalue weighted by Gasteiger charge is -2.07. The molecule has 0 atom stereocenters. The van der Waals surface area contributed by atoms with E-state index in [0.717, 1.165) is 10.2 Å². The lowest BCUT2D eigenvalue weighted by Crippen LogP contribution is -2.15. The molecule has 2 heterocycles. The van der Waals surface area contributed by atoms with Crippen LogP contribution in [0.1, 0.15) is 0 Å². The molecule has 3 aromatic rings. The van der Waals surface area contributed by atoms with Crippen LogP contribution in [0.2, 0.25) is 0 Å². The fourth-order valence-corrected chi connectivity index (χ4v) is 3.68. The fourth-order valence-electron chi connectivity index (χ4n) is 2.10. The van der Waals surface area contributed by atoms with Crippen molar-refractivity contribution < 1.29 is 14.5 Å². The van der Waals surface area contributed by atoms with Gasteiger partial charge in [0.05, 0.1) is 23.9 Å². The summed E-state index contributed by atoms with van der Waals surface area (Å²) in [5, 5.41) is 17.2. The number of thiophene rings is 1. The van der Waals surface area contributed by atoms with Crippen molar-refractivity contribution in [3.63, 3.8) is 0 Å². The van der Waals surface area contributed by atoms with E-state index in [2.05, 4.69) is 15.3 Å². The molecule has 0 saturated carbocycles. The first-order chi connectivity index (χ1) is 12.1. The lowest BCUT2D eigenvalue weighted by molar-refractivity contribution is -0.384. The summed E-state index contributed by atoms with van der Waals surface area (Å²) in [4.78, 5) is 31.9. The van der Waals surface area contributed by atoms with Crippen molar-refractivity contribution in [3.8, 4) is 5.75 Å². The molecule has 0 bridgehead atoms. The number of carbonyl (C=O) groups is 1. The monoisotopic (exact) mass is 376 g/mol. The second-order valence-corrected chi connectivity index (χ2v) is 6.65. The smallest absolute Gasteiger partial charge is 0.296 e. The summed E-state index contributed by atoms with van der Waals surface area (Å²) < 4.78 is 4.97. The van der Waals surface area contributed by atoms with E-state index < -0.39 is 4.92 Å². The third-order valence-corrected chi connectivity index (χ3v) is 5.07. The molecule has 8 nitrogen and oxygen atoms in total. The van der Waals surface area contributed by atoms with Crippen LogP contribution in [0.3, 0.4) is 0 Å². The van der Waals surface area contributed by atoms with E-state index in [-0.39, 0.29) is 23.0 Å². The number of amides is 1. The molecule has 3 rings (SSSR count). The number of thioether (sulfide) groups is 1. The summed E-state index contributed by atoms with van der Waals surface area (Å²) >= 11 is 2.75. The minimum absolute atomic E-state index is 0.0745. The van der Waals surface area contributed by atoms with Gasteiger partial charge in [-0.2, -0.15) is 0 Å². The van der Waals surface area contributed by atoms with E-state index in [9.17, 15) is 14.9 Å². The van der Waals surface area contributed by atoms with Gasteiger partial charge in [0.25, 0.3) is 5.69 Å². The Kier molecular flexibility index (Phi) is 5.10. The topological polar surface area (TPSA) is 107 Å². The van der Waals surface area contributed by atoms with Crippen LogP contribution in [-0.2, 0) is 4.79 Å². The lowest BCUT2D eigenvalue weighted by atomic mass is 10.2. The molecule has 1 amide bonds. The van der Waals surface area contributed by atoms with E-state index in [4.69, 9.17) is 4.74 Å². The number of nitro benzene ring substituents is 1. The summed E-state index contributed by atoms with van der Waals surface area (Å²) in [6.45, 7) is 0. The Labute approximate surface area is 150 Å². The second kappa shape index (κ2) is 7.45. The number of rotatable bonds is 6. The Balaban J connectivity index is 1.71. The predicted molar refractivity (Wildman–Crippen MR) is 96.4 cm³/mol. The van der Waals surface area contributed by atoms with Gasteiger partial charge in [0, 0.05) is 5.39 Å². The number of ether oxygens (including phenoxy) is 1. The summed E-state index contributed by atoms with van der Waals surface area (Å²) in [5.74, 6) is 0.0608. The van der Waals surface area contributed by atoms with E-state index in [1.807, 2.05) is 11.4 Å². The largest absolute Gasteiger partial charge is 0.496 e. The van der Waals surface area contributed by atoms with Crippen LogP contribution >= 0.6 is 23.1 Å². The molecule has 128 valence electrons. The van der Waals surface area contributed by atoms with Gasteiger partial charge in [-0.3, -0.25) is 14.9 Å². The molecule has 0 aliphatic heterocycles. The quantitative estimate of drug-likeness (QED) is 0.304. The maximum Gasteiger partial charge on any atom is 0.296 e. The first-order valence-electron chi connectivity index (χ1n) is 7.02. The maximum absolute atomic E-state index is 12.2. The zero-order valence-electron chi connectivity index (χ0n) is 13.0. The zero-order valence-corrected chi connectivity index (χ0v) is 14.6. The highest BCUT2D eigenvalue weighted by Crippen LogP contribution is 2.30. The van der Waals surface area contributed by atoms with Crippen molar-refractivity contribution in [1.29, 1.82) is 0 Å². The van der Waals surface area contributed by atoms with Crippen LogP contribution in [0.25, 0.3) is 10.2 Å². The van der Waals surface area contributed by atoms with Gasteiger partial charge < -0.3 is 10.1 Å². The van der Waals surface area contributed by atoms with Crippen LogP contribution in [0, 0.1) is 10.1 Å². The molecule has 1 aromatic carbocycles. The predicted octanol–water partition coefficient (Wildman–Crippen LogP) is 3.34. The molecule has 0 fully saturated rings. The number of benzene rings is 1. The third-order valence-electron chi connectivity index (χ3n) is 3.24. The fraction of sp³-hybridized carbons (Fsp3) is 0.133. The van der Waals surface area contributed by atoms with Crippen LogP contribution in [0.5, 0.6) is 5.75 Å². The zero-order chi connectivity index (χ0) is 17.8. The van der Waals surface area contributed by atoms with Gasteiger partial charge in [-0.25, -0.2) is 9.97 Å². The minimum Gasteiger partial charge on any atom is -0.496 e. The number of aromatic nitrogens is 2. The molecule has 0 unspecified atom stereocenters. The SMILES string of the molecule is COc1ccc(NC(=O)CSc2ncnc3sccc23)c([N+](=O)[O-])c1. The first-order valence-corrected chi connectivity index (χ1v) is 8.88. The molecule has 0 saturated heterocycles. The van der Waals surface area contributed by atoms with Gasteiger partial charge in [0.15, 0.2) is 0 Å². The maximum atomic E-state index is 12.2. The molecular weight excluding hydrogens is 364 g/mol. The number of carbonyl (C=O) groups excluding carboxylic acids is 1. The number of nitro groups is 1. The van der Waals surface area contributed by atoms with Crippen LogP contribution < -0.4 is 10.1 Å². The number of anilines is 1. The number of hydrogen-bond acceptors (Lipinski definition) is 8. The summed E-state index contributed by atoms with van der Waals surface area (Å²) in [7, 11) is 1.42. The standard InChI is InChI=1S/C15H12N4O4S2/c1-23-9-2-3-11(12(6-9)19(21)22)18-13(20)7-25-15-10-4-5-24-14(10)16-8-17-15/h2-6,8H,7H2,1H3,(H,18,20). The summed E-state index contributed by atoms with van der Waals surface area (Å²) in [6, 6.07) is 6.16. The Bertz CT molecular complexity index is 944. The van der Waals surface area contributed by atoms with Gasteiger partial charge in [-0.1, -0.05) is 11.8 Å². The van der Waals surface area contributed by atoms with Crippen molar-refractivity contribution in [3.05, 3.63) is 46.1 Å². The molecule has 0 radical (unpaired) electrons. The molecular formula is C15H12N4O4S2. The van der Waals surface area contributed by atoms with E-state index >= 15 is 0 Å². The highest BCUT2D eigenvalue weighted by atomic mass is 32.2. The third kappa shape index (κ3) is 3.86.